The fraction of sp³-hybridized carbons (Fsp3) is 0.500. The highest BCUT2D eigenvalue weighted by Gasteiger charge is 2.46. The van der Waals surface area contributed by atoms with Gasteiger partial charge in [0.25, 0.3) is 6.01 Å². The first-order chi connectivity index (χ1) is 8.35. The van der Waals surface area contributed by atoms with E-state index in [4.69, 9.17) is 4.42 Å². The lowest BCUT2D eigenvalue weighted by Gasteiger charge is -2.31. The summed E-state index contributed by atoms with van der Waals surface area (Å²) in [4.78, 5) is 6.92. The minimum Gasteiger partial charge on any atom is -0.423 e. The van der Waals surface area contributed by atoms with Crippen LogP contribution in [0.4, 0.5) is 6.01 Å². The van der Waals surface area contributed by atoms with Crippen LogP contribution in [0.3, 0.4) is 0 Å². The van der Waals surface area contributed by atoms with E-state index >= 15 is 0 Å². The number of oxazole rings is 1. The van der Waals surface area contributed by atoms with Crippen molar-refractivity contribution < 1.29 is 4.42 Å². The lowest BCUT2D eigenvalue weighted by molar-refractivity contribution is 0.377. The van der Waals surface area contributed by atoms with Crippen LogP contribution >= 0.6 is 0 Å². The maximum Gasteiger partial charge on any atom is 0.298 e. The fourth-order valence-electron chi connectivity index (χ4n) is 2.95. The number of benzene rings is 1. The van der Waals surface area contributed by atoms with Gasteiger partial charge < -0.3 is 9.32 Å². The largest absolute Gasteiger partial charge is 0.423 e. The van der Waals surface area contributed by atoms with Crippen molar-refractivity contribution in [3.05, 3.63) is 24.3 Å². The standard InChI is InChI=1S/C14H16N2O/c1-2-5-12-11(4-1)15-13(17-12)16-9-3-6-14(10-16)7-8-14/h1-2,4-5H,3,6-10H2. The van der Waals surface area contributed by atoms with E-state index < -0.39 is 0 Å². The smallest absolute Gasteiger partial charge is 0.298 e. The van der Waals surface area contributed by atoms with E-state index in [1.54, 1.807) is 0 Å². The number of hydrogen-bond acceptors (Lipinski definition) is 3. The number of fused-ring (bicyclic) bond motifs is 1. The van der Waals surface area contributed by atoms with Crippen molar-refractivity contribution in [2.75, 3.05) is 18.0 Å². The van der Waals surface area contributed by atoms with Gasteiger partial charge in [-0.2, -0.15) is 4.98 Å². The molecule has 0 atom stereocenters. The maximum atomic E-state index is 5.84. The Labute approximate surface area is 100 Å². The van der Waals surface area contributed by atoms with Gasteiger partial charge in [-0.25, -0.2) is 0 Å². The molecule has 1 aromatic heterocycles. The first-order valence-electron chi connectivity index (χ1n) is 6.45. The molecule has 0 amide bonds. The first kappa shape index (κ1) is 9.51. The predicted molar refractivity (Wildman–Crippen MR) is 67.1 cm³/mol. The van der Waals surface area contributed by atoms with Gasteiger partial charge in [0.2, 0.25) is 0 Å². The van der Waals surface area contributed by atoms with Crippen LogP contribution < -0.4 is 4.90 Å². The lowest BCUT2D eigenvalue weighted by atomic mass is 9.95. The van der Waals surface area contributed by atoms with Gasteiger partial charge in [-0.05, 0) is 43.2 Å². The Bertz CT molecular complexity index is 523. The number of hydrogen-bond donors (Lipinski definition) is 0. The van der Waals surface area contributed by atoms with Crippen LogP contribution in [0.1, 0.15) is 25.7 Å². The Hall–Kier alpha value is -1.51. The van der Waals surface area contributed by atoms with Crippen LogP contribution in [0.15, 0.2) is 28.7 Å². The maximum absolute atomic E-state index is 5.84. The molecule has 0 unspecified atom stereocenters. The summed E-state index contributed by atoms with van der Waals surface area (Å²) >= 11 is 0. The summed E-state index contributed by atoms with van der Waals surface area (Å²) in [5.74, 6) is 0. The Morgan fingerprint density at radius 2 is 2.06 bits per heavy atom. The molecule has 3 heteroatoms. The second kappa shape index (κ2) is 3.25. The van der Waals surface area contributed by atoms with E-state index in [0.29, 0.717) is 5.41 Å². The molecule has 3 nitrogen and oxygen atoms in total. The highest BCUT2D eigenvalue weighted by Crippen LogP contribution is 2.52. The van der Waals surface area contributed by atoms with E-state index in [1.165, 1.54) is 25.7 Å². The summed E-state index contributed by atoms with van der Waals surface area (Å²) in [7, 11) is 0. The number of rotatable bonds is 1. The van der Waals surface area contributed by atoms with E-state index in [9.17, 15) is 0 Å². The van der Waals surface area contributed by atoms with Crippen LogP contribution in [0.2, 0.25) is 0 Å². The zero-order chi connectivity index (χ0) is 11.3. The average Bonchev–Trinajstić information content (AvgIpc) is 2.96. The van der Waals surface area contributed by atoms with Crippen molar-refractivity contribution in [1.29, 1.82) is 0 Å². The second-order valence-electron chi connectivity index (χ2n) is 5.49. The molecule has 88 valence electrons. The topological polar surface area (TPSA) is 29.3 Å². The summed E-state index contributed by atoms with van der Waals surface area (Å²) in [5, 5.41) is 0. The Balaban J connectivity index is 1.68. The highest BCUT2D eigenvalue weighted by molar-refractivity contribution is 5.74. The minimum atomic E-state index is 0.610. The van der Waals surface area contributed by atoms with Crippen molar-refractivity contribution in [3.8, 4) is 0 Å². The lowest BCUT2D eigenvalue weighted by Crippen LogP contribution is -2.36. The summed E-state index contributed by atoms with van der Waals surface area (Å²) in [5.41, 5.74) is 2.48. The van der Waals surface area contributed by atoms with E-state index in [0.717, 1.165) is 30.2 Å². The molecule has 0 bridgehead atoms. The minimum absolute atomic E-state index is 0.610. The molecule has 2 aromatic rings. The predicted octanol–water partition coefficient (Wildman–Crippen LogP) is 3.21. The van der Waals surface area contributed by atoms with Crippen molar-refractivity contribution in [3.63, 3.8) is 0 Å². The average molecular weight is 228 g/mol. The third-order valence-corrected chi connectivity index (χ3v) is 4.17. The molecule has 2 aliphatic rings. The zero-order valence-corrected chi connectivity index (χ0v) is 9.85. The molecule has 1 aliphatic heterocycles. The third-order valence-electron chi connectivity index (χ3n) is 4.17. The number of piperidine rings is 1. The molecule has 2 heterocycles. The van der Waals surface area contributed by atoms with Gasteiger partial charge in [-0.15, -0.1) is 0 Å². The van der Waals surface area contributed by atoms with Crippen LogP contribution in [-0.2, 0) is 0 Å². The number of aromatic nitrogens is 1. The van der Waals surface area contributed by atoms with Gasteiger partial charge in [-0.3, -0.25) is 0 Å². The van der Waals surface area contributed by atoms with Gasteiger partial charge in [0.1, 0.15) is 5.52 Å². The van der Waals surface area contributed by atoms with Gasteiger partial charge >= 0.3 is 0 Å². The molecule has 1 aromatic carbocycles. The van der Waals surface area contributed by atoms with Crippen molar-refractivity contribution in [1.82, 2.24) is 4.98 Å². The summed E-state index contributed by atoms with van der Waals surface area (Å²) < 4.78 is 5.84. The Morgan fingerprint density at radius 1 is 1.18 bits per heavy atom. The van der Waals surface area contributed by atoms with Gasteiger partial charge in [0, 0.05) is 13.1 Å². The molecule has 1 saturated heterocycles. The SMILES string of the molecule is c1ccc2oc(N3CCCC4(CC4)C3)nc2c1. The highest BCUT2D eigenvalue weighted by atomic mass is 16.4. The third kappa shape index (κ3) is 1.53. The molecular formula is C14H16N2O. The number of nitrogens with zero attached hydrogens (tertiary/aromatic N) is 2. The van der Waals surface area contributed by atoms with Crippen LogP contribution in [0.5, 0.6) is 0 Å². The molecule has 0 radical (unpaired) electrons. The normalized spacial score (nSPS) is 22.2. The summed E-state index contributed by atoms with van der Waals surface area (Å²) in [6.45, 7) is 2.23. The monoisotopic (exact) mass is 228 g/mol. The molecule has 1 aliphatic carbocycles. The molecule has 1 spiro atoms. The summed E-state index contributed by atoms with van der Waals surface area (Å²) in [6.07, 6.45) is 5.45. The van der Waals surface area contributed by atoms with Crippen LogP contribution in [-0.4, -0.2) is 18.1 Å². The quantitative estimate of drug-likeness (QED) is 0.750. The number of anilines is 1. The van der Waals surface area contributed by atoms with Crippen molar-refractivity contribution >= 4 is 17.1 Å². The van der Waals surface area contributed by atoms with Crippen LogP contribution in [0.25, 0.3) is 11.1 Å². The molecule has 2 fully saturated rings. The first-order valence-corrected chi connectivity index (χ1v) is 6.45. The molecule has 0 N–H and O–H groups in total. The Morgan fingerprint density at radius 3 is 2.88 bits per heavy atom. The van der Waals surface area contributed by atoms with Crippen LogP contribution in [0, 0.1) is 5.41 Å². The summed E-state index contributed by atoms with van der Waals surface area (Å²) in [6, 6.07) is 8.82. The molecule has 1 saturated carbocycles. The zero-order valence-electron chi connectivity index (χ0n) is 9.85. The Kier molecular flexibility index (Phi) is 1.82. The van der Waals surface area contributed by atoms with E-state index in [-0.39, 0.29) is 0 Å². The van der Waals surface area contributed by atoms with E-state index in [1.807, 2.05) is 24.3 Å². The molecular weight excluding hydrogens is 212 g/mol. The fourth-order valence-corrected chi connectivity index (χ4v) is 2.95. The second-order valence-corrected chi connectivity index (χ2v) is 5.49. The van der Waals surface area contributed by atoms with Gasteiger partial charge in [-0.1, -0.05) is 12.1 Å². The molecule has 17 heavy (non-hydrogen) atoms. The van der Waals surface area contributed by atoms with Gasteiger partial charge in [0.05, 0.1) is 0 Å². The van der Waals surface area contributed by atoms with E-state index in [2.05, 4.69) is 9.88 Å². The van der Waals surface area contributed by atoms with Crippen molar-refractivity contribution in [2.45, 2.75) is 25.7 Å². The van der Waals surface area contributed by atoms with Gasteiger partial charge in [0.15, 0.2) is 5.58 Å². The molecule has 4 rings (SSSR count). The number of para-hydroxylation sites is 2. The van der Waals surface area contributed by atoms with Crippen molar-refractivity contribution in [2.24, 2.45) is 5.41 Å².